The van der Waals surface area contributed by atoms with Crippen LogP contribution < -0.4 is 0 Å². The minimum Gasteiger partial charge on any atom is -0.507 e. The highest BCUT2D eigenvalue weighted by Gasteiger charge is 2.31. The molecule has 0 saturated heterocycles. The van der Waals surface area contributed by atoms with Crippen LogP contribution in [0.4, 0.5) is 13.2 Å². The van der Waals surface area contributed by atoms with Crippen molar-refractivity contribution in [2.45, 2.75) is 52.6 Å². The van der Waals surface area contributed by atoms with Crippen LogP contribution in [0.15, 0.2) is 30.3 Å². The molecule has 1 N–H and O–H groups in total. The van der Waals surface area contributed by atoms with Crippen LogP contribution in [0.3, 0.4) is 0 Å². The largest absolute Gasteiger partial charge is 0.507 e. The Morgan fingerprint density at radius 2 is 1.25 bits per heavy atom. The molecule has 2 aromatic carbocycles. The average Bonchev–Trinajstić information content (AvgIpc) is 2.45. The van der Waals surface area contributed by atoms with E-state index in [9.17, 15) is 18.3 Å². The molecule has 0 atom stereocenters. The second-order valence-electron chi connectivity index (χ2n) is 6.90. The molecule has 130 valence electrons. The van der Waals surface area contributed by atoms with Crippen molar-refractivity contribution in [2.75, 3.05) is 0 Å². The Balaban J connectivity index is 2.71. The smallest absolute Gasteiger partial charge is 0.416 e. The minimum atomic E-state index is -4.38. The fourth-order valence-corrected chi connectivity index (χ4v) is 2.84. The average molecular weight is 336 g/mol. The topological polar surface area (TPSA) is 20.2 Å². The van der Waals surface area contributed by atoms with Crippen LogP contribution in [-0.2, 0) is 6.18 Å². The van der Waals surface area contributed by atoms with Gasteiger partial charge < -0.3 is 5.11 Å². The number of aromatic hydroxyl groups is 1. The SMILES string of the molecule is Cc1cc(-c2cc(C(C)C)c(O)c(C(C)C)c2)cc(C(F)(F)F)c1. The predicted molar refractivity (Wildman–Crippen MR) is 91.5 cm³/mol. The molecule has 0 aliphatic rings. The Bertz CT molecular complexity index is 714. The molecule has 0 fully saturated rings. The molecule has 0 aliphatic carbocycles. The summed E-state index contributed by atoms with van der Waals surface area (Å²) in [5, 5.41) is 10.5. The number of rotatable bonds is 3. The van der Waals surface area contributed by atoms with Crippen LogP contribution in [0.5, 0.6) is 5.75 Å². The number of hydrogen-bond donors (Lipinski definition) is 1. The third kappa shape index (κ3) is 3.74. The Morgan fingerprint density at radius 1 is 0.792 bits per heavy atom. The van der Waals surface area contributed by atoms with Crippen molar-refractivity contribution in [1.82, 2.24) is 0 Å². The maximum atomic E-state index is 13.1. The summed E-state index contributed by atoms with van der Waals surface area (Å²) in [6, 6.07) is 7.65. The van der Waals surface area contributed by atoms with Gasteiger partial charge in [0.05, 0.1) is 5.56 Å². The van der Waals surface area contributed by atoms with Crippen LogP contribution in [-0.4, -0.2) is 5.11 Å². The van der Waals surface area contributed by atoms with Gasteiger partial charge in [0.2, 0.25) is 0 Å². The van der Waals surface area contributed by atoms with Gasteiger partial charge in [-0.15, -0.1) is 0 Å². The molecule has 2 aromatic rings. The van der Waals surface area contributed by atoms with Crippen LogP contribution in [0.2, 0.25) is 0 Å². The van der Waals surface area contributed by atoms with E-state index in [1.54, 1.807) is 25.1 Å². The molecule has 4 heteroatoms. The number of phenols is 1. The van der Waals surface area contributed by atoms with E-state index in [1.807, 2.05) is 27.7 Å². The van der Waals surface area contributed by atoms with Crippen LogP contribution in [0.1, 0.15) is 61.8 Å². The van der Waals surface area contributed by atoms with Gasteiger partial charge in [0.1, 0.15) is 5.75 Å². The fourth-order valence-electron chi connectivity index (χ4n) is 2.84. The summed E-state index contributed by atoms with van der Waals surface area (Å²) < 4.78 is 39.3. The molecular formula is C20H23F3O. The number of phenolic OH excluding ortho intramolecular Hbond substituents is 1. The van der Waals surface area contributed by atoms with E-state index in [4.69, 9.17) is 0 Å². The fraction of sp³-hybridized carbons (Fsp3) is 0.400. The first-order valence-electron chi connectivity index (χ1n) is 8.06. The molecule has 0 radical (unpaired) electrons. The van der Waals surface area contributed by atoms with Gasteiger partial charge >= 0.3 is 6.18 Å². The quantitative estimate of drug-likeness (QED) is 0.666. The minimum absolute atomic E-state index is 0.0781. The molecule has 0 saturated carbocycles. The first kappa shape index (κ1) is 18.4. The lowest BCUT2D eigenvalue weighted by Gasteiger charge is -2.18. The number of alkyl halides is 3. The summed E-state index contributed by atoms with van der Waals surface area (Å²) in [5.74, 6) is 0.399. The van der Waals surface area contributed by atoms with Gasteiger partial charge in [0.25, 0.3) is 0 Å². The third-order valence-electron chi connectivity index (χ3n) is 4.15. The molecule has 0 bridgehead atoms. The number of benzene rings is 2. The number of halogens is 3. The molecule has 0 heterocycles. The van der Waals surface area contributed by atoms with E-state index in [2.05, 4.69) is 0 Å². The second kappa shape index (κ2) is 6.50. The van der Waals surface area contributed by atoms with Crippen molar-refractivity contribution in [1.29, 1.82) is 0 Å². The highest BCUT2D eigenvalue weighted by molar-refractivity contribution is 5.69. The van der Waals surface area contributed by atoms with Crippen LogP contribution in [0, 0.1) is 6.92 Å². The lowest BCUT2D eigenvalue weighted by Crippen LogP contribution is -2.05. The molecule has 0 unspecified atom stereocenters. The normalized spacial score (nSPS) is 12.2. The van der Waals surface area contributed by atoms with Gasteiger partial charge in [-0.25, -0.2) is 0 Å². The standard InChI is InChI=1S/C20H23F3O/c1-11(2)17-9-15(10-18(12(3)4)19(17)24)14-6-13(5)7-16(8-14)20(21,22)23/h6-12,24H,1-5H3. The summed E-state index contributed by atoms with van der Waals surface area (Å²) >= 11 is 0. The zero-order valence-corrected chi connectivity index (χ0v) is 14.6. The summed E-state index contributed by atoms with van der Waals surface area (Å²) in [5.41, 5.74) is 2.64. The van der Waals surface area contributed by atoms with Crippen molar-refractivity contribution >= 4 is 0 Å². The van der Waals surface area contributed by atoms with Crippen molar-refractivity contribution in [3.8, 4) is 16.9 Å². The lowest BCUT2D eigenvalue weighted by atomic mass is 9.89. The predicted octanol–water partition coefficient (Wildman–Crippen LogP) is 6.63. The van der Waals surface area contributed by atoms with Crippen molar-refractivity contribution in [3.63, 3.8) is 0 Å². The Labute approximate surface area is 141 Å². The second-order valence-corrected chi connectivity index (χ2v) is 6.90. The summed E-state index contributed by atoms with van der Waals surface area (Å²) in [4.78, 5) is 0. The Hall–Kier alpha value is -1.97. The van der Waals surface area contributed by atoms with Crippen LogP contribution in [0.25, 0.3) is 11.1 Å². The van der Waals surface area contributed by atoms with Crippen molar-refractivity contribution in [2.24, 2.45) is 0 Å². The third-order valence-corrected chi connectivity index (χ3v) is 4.15. The first-order chi connectivity index (χ1) is 11.0. The maximum absolute atomic E-state index is 13.1. The molecule has 1 nitrogen and oxygen atoms in total. The molecule has 2 rings (SSSR count). The zero-order valence-electron chi connectivity index (χ0n) is 14.6. The first-order valence-corrected chi connectivity index (χ1v) is 8.06. The van der Waals surface area contributed by atoms with E-state index in [0.29, 0.717) is 16.7 Å². The highest BCUT2D eigenvalue weighted by Crippen LogP contribution is 2.39. The zero-order chi connectivity index (χ0) is 18.2. The van der Waals surface area contributed by atoms with E-state index < -0.39 is 11.7 Å². The van der Waals surface area contributed by atoms with Gasteiger partial charge in [-0.05, 0) is 70.8 Å². The Kier molecular flexibility index (Phi) is 4.97. The van der Waals surface area contributed by atoms with Gasteiger partial charge in [0, 0.05) is 0 Å². The van der Waals surface area contributed by atoms with Crippen molar-refractivity contribution in [3.05, 3.63) is 52.6 Å². The molecule has 0 aromatic heterocycles. The summed E-state index contributed by atoms with van der Waals surface area (Å²) in [6.07, 6.45) is -4.38. The lowest BCUT2D eigenvalue weighted by molar-refractivity contribution is -0.137. The highest BCUT2D eigenvalue weighted by atomic mass is 19.4. The van der Waals surface area contributed by atoms with E-state index >= 15 is 0 Å². The van der Waals surface area contributed by atoms with E-state index in [-0.39, 0.29) is 17.6 Å². The maximum Gasteiger partial charge on any atom is 0.416 e. The van der Waals surface area contributed by atoms with Crippen LogP contribution >= 0.6 is 0 Å². The molecule has 0 spiro atoms. The van der Waals surface area contributed by atoms with Gasteiger partial charge in [-0.3, -0.25) is 0 Å². The molecule has 0 aliphatic heterocycles. The molecule has 24 heavy (non-hydrogen) atoms. The van der Waals surface area contributed by atoms with E-state index in [0.717, 1.165) is 17.2 Å². The summed E-state index contributed by atoms with van der Waals surface area (Å²) in [6.45, 7) is 9.49. The van der Waals surface area contributed by atoms with Gasteiger partial charge in [0.15, 0.2) is 0 Å². The monoisotopic (exact) mass is 336 g/mol. The van der Waals surface area contributed by atoms with Gasteiger partial charge in [-0.2, -0.15) is 13.2 Å². The number of hydrogen-bond acceptors (Lipinski definition) is 1. The van der Waals surface area contributed by atoms with Gasteiger partial charge in [-0.1, -0.05) is 33.8 Å². The number of aryl methyl sites for hydroxylation is 1. The van der Waals surface area contributed by atoms with Crippen molar-refractivity contribution < 1.29 is 18.3 Å². The molecule has 0 amide bonds. The Morgan fingerprint density at radius 3 is 1.67 bits per heavy atom. The molecular weight excluding hydrogens is 313 g/mol. The summed E-state index contributed by atoms with van der Waals surface area (Å²) in [7, 11) is 0. The van der Waals surface area contributed by atoms with E-state index in [1.165, 1.54) is 6.07 Å².